The number of nitrogens with zero attached hydrogens (tertiary/aromatic N) is 2. The van der Waals surface area contributed by atoms with Crippen LogP contribution in [-0.4, -0.2) is 36.1 Å². The molecule has 0 saturated heterocycles. The van der Waals surface area contributed by atoms with Gasteiger partial charge in [-0.3, -0.25) is 0 Å². The Kier molecular flexibility index (Phi) is 9.74. The lowest BCUT2D eigenvalue weighted by molar-refractivity contribution is 0.459. The summed E-state index contributed by atoms with van der Waals surface area (Å²) < 4.78 is 10.9. The van der Waals surface area contributed by atoms with Crippen molar-refractivity contribution in [3.8, 4) is 23.0 Å². The highest BCUT2D eigenvalue weighted by Gasteiger charge is 2.04. The molecule has 6 nitrogen and oxygen atoms in total. The first-order chi connectivity index (χ1) is 19.0. The number of phenols is 2. The number of para-hydroxylation sites is 4. The first kappa shape index (κ1) is 27.5. The Bertz CT molecular complexity index is 1510. The van der Waals surface area contributed by atoms with Crippen molar-refractivity contribution in [3.05, 3.63) is 133 Å². The largest absolute Gasteiger partial charge is 0.881 e. The zero-order chi connectivity index (χ0) is 27.5. The van der Waals surface area contributed by atoms with E-state index in [1.165, 1.54) is 0 Å². The van der Waals surface area contributed by atoms with Crippen molar-refractivity contribution in [2.75, 3.05) is 0 Å². The Hall–Kier alpha value is -4.57. The van der Waals surface area contributed by atoms with E-state index in [-0.39, 0.29) is 11.5 Å². The topological polar surface area (TPSA) is 84.7 Å². The van der Waals surface area contributed by atoms with Gasteiger partial charge in [0.05, 0.1) is 11.5 Å². The van der Waals surface area contributed by atoms with Crippen LogP contribution in [-0.2, 0) is 0 Å². The molecule has 0 unspecified atom stereocenters. The maximum absolute atomic E-state index is 9.43. The van der Waals surface area contributed by atoms with E-state index in [9.17, 15) is 10.2 Å². The normalized spacial score (nSPS) is 10.0. The van der Waals surface area contributed by atoms with Crippen LogP contribution in [0, 0.1) is 13.8 Å². The summed E-state index contributed by atoms with van der Waals surface area (Å²) in [6, 6.07) is 37.9. The van der Waals surface area contributed by atoms with Gasteiger partial charge in [-0.05, 0) is 62.4 Å². The van der Waals surface area contributed by atoms with Crippen LogP contribution in [0.25, 0.3) is 21.8 Å². The van der Waals surface area contributed by atoms with Gasteiger partial charge in [0.25, 0.3) is 0 Å². The molecule has 0 spiro atoms. The number of aromatic nitrogens is 2. The van der Waals surface area contributed by atoms with Gasteiger partial charge in [0.2, 0.25) is 0 Å². The van der Waals surface area contributed by atoms with Crippen LogP contribution in [0.3, 0.4) is 0 Å². The van der Waals surface area contributed by atoms with Crippen LogP contribution in [0.15, 0.2) is 121 Å². The number of rotatable bonds is 4. The van der Waals surface area contributed by atoms with Gasteiger partial charge < -0.3 is 17.8 Å². The fraction of sp³-hybridized carbons (Fsp3) is 0.0625. The molecule has 39 heavy (non-hydrogen) atoms. The average Bonchev–Trinajstić information content (AvgIpc) is 2.96. The van der Waals surface area contributed by atoms with Crippen molar-refractivity contribution in [3.63, 3.8) is 0 Å². The summed E-state index contributed by atoms with van der Waals surface area (Å²) in [6.45, 7) is 3.82. The third-order valence-corrected chi connectivity index (χ3v) is 6.27. The second kappa shape index (κ2) is 13.8. The molecule has 193 valence electrons. The van der Waals surface area contributed by atoms with E-state index in [0.29, 0.717) is 11.0 Å². The minimum Gasteiger partial charge on any atom is -0.616 e. The molecule has 0 atom stereocenters. The van der Waals surface area contributed by atoms with Gasteiger partial charge >= 0.3 is 15.9 Å². The van der Waals surface area contributed by atoms with Crippen molar-refractivity contribution in [2.45, 2.75) is 13.8 Å². The summed E-state index contributed by atoms with van der Waals surface area (Å²) in [5.41, 5.74) is 3.20. The van der Waals surface area contributed by atoms with Gasteiger partial charge in [-0.2, -0.15) is 0 Å². The second-order valence-electron chi connectivity index (χ2n) is 8.56. The lowest BCUT2D eigenvalue weighted by atomic mass is 10.2. The molecule has 0 aliphatic carbocycles. The number of benzene rings is 4. The zero-order valence-corrected chi connectivity index (χ0v) is 22.9. The van der Waals surface area contributed by atoms with Gasteiger partial charge in [-0.25, -0.2) is 9.97 Å². The van der Waals surface area contributed by atoms with Crippen LogP contribution in [0.5, 0.6) is 23.0 Å². The third kappa shape index (κ3) is 8.21. The fourth-order valence-electron chi connectivity index (χ4n) is 3.59. The number of phenolic OH excluding ortho intramolecular Hbond substituents is 2. The lowest BCUT2D eigenvalue weighted by Crippen LogP contribution is -2.10. The third-order valence-electron chi connectivity index (χ3n) is 5.53. The molecule has 7 heteroatoms. The molecule has 0 fully saturated rings. The van der Waals surface area contributed by atoms with Crippen molar-refractivity contribution < 1.29 is 17.8 Å². The maximum Gasteiger partial charge on any atom is 0.881 e. The summed E-state index contributed by atoms with van der Waals surface area (Å²) in [6.07, 6.45) is 0. The Morgan fingerprint density at radius 2 is 0.897 bits per heavy atom. The quantitative estimate of drug-likeness (QED) is 0.235. The molecule has 2 heterocycles. The highest BCUT2D eigenvalue weighted by Crippen LogP contribution is 2.22. The predicted molar refractivity (Wildman–Crippen MR) is 156 cm³/mol. The average molecular weight is 532 g/mol. The van der Waals surface area contributed by atoms with Crippen LogP contribution in [0.2, 0.25) is 0 Å². The Balaban J connectivity index is 0.000000137. The summed E-state index contributed by atoms with van der Waals surface area (Å²) in [4.78, 5) is 8.45. The molecule has 0 bridgehead atoms. The smallest absolute Gasteiger partial charge is 0.616 e. The molecule has 0 aliphatic rings. The van der Waals surface area contributed by atoms with E-state index < -0.39 is 15.9 Å². The van der Waals surface area contributed by atoms with E-state index in [2.05, 4.69) is 9.97 Å². The molecule has 2 aromatic heterocycles. The van der Waals surface area contributed by atoms with Gasteiger partial charge in [-0.15, -0.1) is 0 Å². The molecule has 2 N–H and O–H groups in total. The molecule has 0 saturated carbocycles. The van der Waals surface area contributed by atoms with E-state index in [1.807, 2.05) is 123 Å². The van der Waals surface area contributed by atoms with E-state index in [0.717, 1.165) is 33.7 Å². The number of hydrogen-bond donors (Lipinski definition) is 2. The fourth-order valence-corrected chi connectivity index (χ4v) is 4.18. The highest BCUT2D eigenvalue weighted by atomic mass is 27.2. The number of hydrogen-bond acceptors (Lipinski definition) is 6. The SMILES string of the molecule is Cc1ccc2cccc(O)c2n1.Cc1ccc2cccc(O)c2n1.c1ccc([O][Al][O]c2ccccc2)cc1. The van der Waals surface area contributed by atoms with E-state index >= 15 is 0 Å². The molecule has 0 amide bonds. The number of fused-ring (bicyclic) bond motifs is 2. The summed E-state index contributed by atoms with van der Waals surface area (Å²) in [5.74, 6) is 2.19. The molecule has 6 aromatic rings. The van der Waals surface area contributed by atoms with Gasteiger partial charge in [0.1, 0.15) is 22.5 Å². The first-order valence-corrected chi connectivity index (χ1v) is 13.3. The minimum atomic E-state index is -0.499. The molecule has 0 aliphatic heterocycles. The summed E-state index contributed by atoms with van der Waals surface area (Å²) in [5, 5.41) is 20.8. The second-order valence-corrected chi connectivity index (χ2v) is 9.22. The molecule has 1 radical (unpaired) electrons. The lowest BCUT2D eigenvalue weighted by Gasteiger charge is -2.07. The molecular weight excluding hydrogens is 503 g/mol. The van der Waals surface area contributed by atoms with Gasteiger partial charge in [-0.1, -0.05) is 72.8 Å². The Morgan fingerprint density at radius 1 is 0.487 bits per heavy atom. The van der Waals surface area contributed by atoms with Crippen LogP contribution >= 0.6 is 0 Å². The molecule has 4 aromatic carbocycles. The highest BCUT2D eigenvalue weighted by molar-refractivity contribution is 6.20. The molecular formula is C32H28AlN2O4. The maximum atomic E-state index is 9.43. The minimum absolute atomic E-state index is 0.246. The van der Waals surface area contributed by atoms with Gasteiger partial charge in [0, 0.05) is 22.2 Å². The van der Waals surface area contributed by atoms with Crippen molar-refractivity contribution in [1.29, 1.82) is 0 Å². The van der Waals surface area contributed by atoms with Crippen LogP contribution in [0.4, 0.5) is 0 Å². The summed E-state index contributed by atoms with van der Waals surface area (Å²) >= 11 is -0.499. The first-order valence-electron chi connectivity index (χ1n) is 12.4. The van der Waals surface area contributed by atoms with E-state index in [1.54, 1.807) is 12.1 Å². The van der Waals surface area contributed by atoms with Crippen molar-refractivity contribution in [1.82, 2.24) is 9.97 Å². The van der Waals surface area contributed by atoms with Crippen molar-refractivity contribution in [2.24, 2.45) is 0 Å². The predicted octanol–water partition coefficient (Wildman–Crippen LogP) is 7.18. The number of pyridine rings is 2. The van der Waals surface area contributed by atoms with Crippen molar-refractivity contribution >= 4 is 37.7 Å². The Labute approximate surface area is 234 Å². The zero-order valence-electron chi connectivity index (χ0n) is 21.7. The number of aromatic hydroxyl groups is 2. The standard InChI is InChI=1S/2C10H9NO.2C6H6O.Al/c2*1-7-5-6-8-3-2-4-9(12)10(8)11-7;2*7-6-4-2-1-3-5-6;/h2*2-6,12H,1H3;2*1-5,7H;/q;;;;+2/p-2. The van der Waals surface area contributed by atoms with Gasteiger partial charge in [0.15, 0.2) is 0 Å². The summed E-state index contributed by atoms with van der Waals surface area (Å²) in [7, 11) is 0. The molecule has 6 rings (SSSR count). The van der Waals surface area contributed by atoms with Crippen LogP contribution < -0.4 is 7.58 Å². The monoisotopic (exact) mass is 531 g/mol. The van der Waals surface area contributed by atoms with E-state index in [4.69, 9.17) is 7.58 Å². The van der Waals surface area contributed by atoms with Crippen LogP contribution in [0.1, 0.15) is 11.4 Å². The Morgan fingerprint density at radius 3 is 1.31 bits per heavy atom. The number of aryl methyl sites for hydroxylation is 2.